The molecular weight excluding hydrogens is 246 g/mol. The van der Waals surface area contributed by atoms with Crippen molar-refractivity contribution in [2.75, 3.05) is 13.2 Å². The van der Waals surface area contributed by atoms with Gasteiger partial charge >= 0.3 is 0 Å². The first-order valence-corrected chi connectivity index (χ1v) is 8.12. The SMILES string of the molecule is CCNC(CCC1CCCCO1)c1cc(C)cc(C)c1. The van der Waals surface area contributed by atoms with Crippen LogP contribution in [0.2, 0.25) is 0 Å². The predicted molar refractivity (Wildman–Crippen MR) is 85.2 cm³/mol. The molecule has 1 fully saturated rings. The van der Waals surface area contributed by atoms with Crippen LogP contribution < -0.4 is 5.32 Å². The van der Waals surface area contributed by atoms with E-state index in [1.165, 1.54) is 48.8 Å². The van der Waals surface area contributed by atoms with Gasteiger partial charge in [0.15, 0.2) is 0 Å². The average molecular weight is 275 g/mol. The number of aryl methyl sites for hydroxylation is 2. The summed E-state index contributed by atoms with van der Waals surface area (Å²) in [5.74, 6) is 0. The zero-order valence-electron chi connectivity index (χ0n) is 13.2. The molecule has 2 rings (SSSR count). The van der Waals surface area contributed by atoms with Crippen LogP contribution in [0.25, 0.3) is 0 Å². The largest absolute Gasteiger partial charge is 0.378 e. The Morgan fingerprint density at radius 1 is 1.20 bits per heavy atom. The van der Waals surface area contributed by atoms with E-state index in [1.54, 1.807) is 0 Å². The fourth-order valence-electron chi connectivity index (χ4n) is 3.23. The summed E-state index contributed by atoms with van der Waals surface area (Å²) in [6, 6.07) is 7.35. The van der Waals surface area contributed by atoms with Crippen LogP contribution in [0.3, 0.4) is 0 Å². The minimum Gasteiger partial charge on any atom is -0.378 e. The fourth-order valence-corrected chi connectivity index (χ4v) is 3.23. The van der Waals surface area contributed by atoms with Crippen LogP contribution in [0.4, 0.5) is 0 Å². The van der Waals surface area contributed by atoms with Gasteiger partial charge in [0, 0.05) is 12.6 Å². The minimum atomic E-state index is 0.462. The van der Waals surface area contributed by atoms with E-state index in [-0.39, 0.29) is 0 Å². The van der Waals surface area contributed by atoms with Gasteiger partial charge in [-0.3, -0.25) is 0 Å². The van der Waals surface area contributed by atoms with Crippen LogP contribution in [0.5, 0.6) is 0 Å². The second-order valence-corrected chi connectivity index (χ2v) is 6.10. The molecule has 1 heterocycles. The Labute approximate surface area is 123 Å². The molecule has 0 aliphatic carbocycles. The maximum absolute atomic E-state index is 5.86. The van der Waals surface area contributed by atoms with Crippen LogP contribution in [-0.2, 0) is 4.74 Å². The van der Waals surface area contributed by atoms with Gasteiger partial charge in [-0.25, -0.2) is 0 Å². The first kappa shape index (κ1) is 15.5. The van der Waals surface area contributed by atoms with Crippen LogP contribution >= 0.6 is 0 Å². The van der Waals surface area contributed by atoms with Crippen LogP contribution in [-0.4, -0.2) is 19.3 Å². The van der Waals surface area contributed by atoms with Crippen LogP contribution in [0, 0.1) is 13.8 Å². The molecule has 0 amide bonds. The van der Waals surface area contributed by atoms with E-state index in [4.69, 9.17) is 4.74 Å². The highest BCUT2D eigenvalue weighted by molar-refractivity contribution is 5.30. The number of hydrogen-bond acceptors (Lipinski definition) is 2. The van der Waals surface area contributed by atoms with Crippen molar-refractivity contribution in [3.8, 4) is 0 Å². The number of benzene rings is 1. The number of nitrogens with one attached hydrogen (secondary N) is 1. The molecule has 2 nitrogen and oxygen atoms in total. The van der Waals surface area contributed by atoms with Gasteiger partial charge in [-0.15, -0.1) is 0 Å². The molecule has 0 saturated carbocycles. The summed E-state index contributed by atoms with van der Waals surface area (Å²) in [7, 11) is 0. The Morgan fingerprint density at radius 2 is 1.95 bits per heavy atom. The van der Waals surface area contributed by atoms with E-state index < -0.39 is 0 Å². The van der Waals surface area contributed by atoms with Crippen molar-refractivity contribution in [1.29, 1.82) is 0 Å². The second kappa shape index (κ2) is 7.80. The third-order valence-electron chi connectivity index (χ3n) is 4.15. The first-order valence-electron chi connectivity index (χ1n) is 8.12. The predicted octanol–water partition coefficient (Wildman–Crippen LogP) is 4.30. The highest BCUT2D eigenvalue weighted by Crippen LogP contribution is 2.25. The van der Waals surface area contributed by atoms with Gasteiger partial charge in [0.25, 0.3) is 0 Å². The zero-order chi connectivity index (χ0) is 14.4. The Kier molecular flexibility index (Phi) is 6.06. The zero-order valence-corrected chi connectivity index (χ0v) is 13.2. The fraction of sp³-hybridized carbons (Fsp3) is 0.667. The molecule has 2 atom stereocenters. The highest BCUT2D eigenvalue weighted by Gasteiger charge is 2.17. The molecule has 1 aromatic rings. The van der Waals surface area contributed by atoms with Crippen molar-refractivity contribution in [3.63, 3.8) is 0 Å². The standard InChI is InChI=1S/C18H29NO/c1-4-19-18(9-8-17-7-5-6-10-20-17)16-12-14(2)11-15(3)13-16/h11-13,17-19H,4-10H2,1-3H3. The molecule has 112 valence electrons. The number of ether oxygens (including phenoxy) is 1. The number of rotatable bonds is 6. The Hall–Kier alpha value is -0.860. The van der Waals surface area contributed by atoms with E-state index in [0.29, 0.717) is 12.1 Å². The monoisotopic (exact) mass is 275 g/mol. The maximum atomic E-state index is 5.86. The van der Waals surface area contributed by atoms with E-state index >= 15 is 0 Å². The summed E-state index contributed by atoms with van der Waals surface area (Å²) in [6.07, 6.45) is 6.64. The minimum absolute atomic E-state index is 0.462. The lowest BCUT2D eigenvalue weighted by Gasteiger charge is -2.26. The molecule has 0 spiro atoms. The van der Waals surface area contributed by atoms with Crippen LogP contribution in [0.1, 0.15) is 61.8 Å². The van der Waals surface area contributed by atoms with Gasteiger partial charge in [0.1, 0.15) is 0 Å². The maximum Gasteiger partial charge on any atom is 0.0575 e. The molecule has 0 bridgehead atoms. The van der Waals surface area contributed by atoms with Gasteiger partial charge in [-0.1, -0.05) is 36.2 Å². The lowest BCUT2D eigenvalue weighted by atomic mass is 9.95. The summed E-state index contributed by atoms with van der Waals surface area (Å²) in [6.45, 7) is 8.53. The molecule has 1 aliphatic rings. The van der Waals surface area contributed by atoms with Crippen molar-refractivity contribution < 1.29 is 4.74 Å². The Balaban J connectivity index is 1.98. The summed E-state index contributed by atoms with van der Waals surface area (Å²) in [5, 5.41) is 3.64. The topological polar surface area (TPSA) is 21.3 Å². The van der Waals surface area contributed by atoms with Crippen molar-refractivity contribution >= 4 is 0 Å². The van der Waals surface area contributed by atoms with Gasteiger partial charge < -0.3 is 10.1 Å². The molecule has 1 saturated heterocycles. The molecule has 0 aromatic heterocycles. The lowest BCUT2D eigenvalue weighted by Crippen LogP contribution is -2.25. The quantitative estimate of drug-likeness (QED) is 0.835. The summed E-state index contributed by atoms with van der Waals surface area (Å²) in [5.41, 5.74) is 4.15. The second-order valence-electron chi connectivity index (χ2n) is 6.10. The van der Waals surface area contributed by atoms with E-state index in [1.807, 2.05) is 0 Å². The van der Waals surface area contributed by atoms with E-state index in [9.17, 15) is 0 Å². The smallest absolute Gasteiger partial charge is 0.0575 e. The summed E-state index contributed by atoms with van der Waals surface area (Å²) >= 11 is 0. The summed E-state index contributed by atoms with van der Waals surface area (Å²) in [4.78, 5) is 0. The Bertz CT molecular complexity index is 390. The van der Waals surface area contributed by atoms with Crippen molar-refractivity contribution in [2.45, 2.75) is 65.0 Å². The van der Waals surface area contributed by atoms with E-state index in [2.05, 4.69) is 44.3 Å². The molecule has 1 aromatic carbocycles. The molecule has 1 aliphatic heterocycles. The molecule has 1 N–H and O–H groups in total. The normalized spacial score (nSPS) is 20.9. The molecule has 0 radical (unpaired) electrons. The van der Waals surface area contributed by atoms with Gasteiger partial charge in [-0.2, -0.15) is 0 Å². The van der Waals surface area contributed by atoms with Crippen molar-refractivity contribution in [1.82, 2.24) is 5.32 Å². The molecule has 20 heavy (non-hydrogen) atoms. The van der Waals surface area contributed by atoms with Crippen molar-refractivity contribution in [2.24, 2.45) is 0 Å². The third-order valence-corrected chi connectivity index (χ3v) is 4.15. The average Bonchev–Trinajstić information content (AvgIpc) is 2.43. The van der Waals surface area contributed by atoms with E-state index in [0.717, 1.165) is 13.2 Å². The Morgan fingerprint density at radius 3 is 2.55 bits per heavy atom. The van der Waals surface area contributed by atoms with Gasteiger partial charge in [0.05, 0.1) is 6.10 Å². The molecule has 2 unspecified atom stereocenters. The summed E-state index contributed by atoms with van der Waals surface area (Å²) < 4.78 is 5.86. The molecule has 2 heteroatoms. The van der Waals surface area contributed by atoms with Gasteiger partial charge in [-0.05, 0) is 58.1 Å². The lowest BCUT2D eigenvalue weighted by molar-refractivity contribution is 0.00856. The van der Waals surface area contributed by atoms with Crippen LogP contribution in [0.15, 0.2) is 18.2 Å². The first-order chi connectivity index (χ1) is 9.69. The number of hydrogen-bond donors (Lipinski definition) is 1. The highest BCUT2D eigenvalue weighted by atomic mass is 16.5. The van der Waals surface area contributed by atoms with Crippen molar-refractivity contribution in [3.05, 3.63) is 34.9 Å². The molecular formula is C18H29NO. The third kappa shape index (κ3) is 4.60. The van der Waals surface area contributed by atoms with Gasteiger partial charge in [0.2, 0.25) is 0 Å².